The Hall–Kier alpha value is -1.04. The Bertz CT molecular complexity index is 612. The molecule has 0 bridgehead atoms. The van der Waals surface area contributed by atoms with E-state index in [-0.39, 0.29) is 32.8 Å². The summed E-state index contributed by atoms with van der Waals surface area (Å²) in [6.45, 7) is 5.25. The van der Waals surface area contributed by atoms with Crippen molar-refractivity contribution in [1.82, 2.24) is 5.32 Å². The molecule has 0 aliphatic carbocycles. The minimum atomic E-state index is -3.48. The van der Waals surface area contributed by atoms with Gasteiger partial charge in [0.15, 0.2) is 9.84 Å². The zero-order valence-corrected chi connectivity index (χ0v) is 12.6. The molecule has 0 aliphatic heterocycles. The molecule has 0 fully saturated rings. The average molecular weight is 322 g/mol. The zero-order chi connectivity index (χ0) is 14.6. The van der Waals surface area contributed by atoms with Crippen molar-refractivity contribution in [3.05, 3.63) is 40.4 Å². The Morgan fingerprint density at radius 2 is 2.00 bits per heavy atom. The number of nitrogens with one attached hydrogen (secondary N) is 1. The summed E-state index contributed by atoms with van der Waals surface area (Å²) in [4.78, 5) is 11.7. The predicted molar refractivity (Wildman–Crippen MR) is 76.7 cm³/mol. The van der Waals surface area contributed by atoms with Crippen LogP contribution in [-0.4, -0.2) is 26.6 Å². The van der Waals surface area contributed by atoms with Crippen molar-refractivity contribution < 1.29 is 13.2 Å². The van der Waals surface area contributed by atoms with E-state index in [1.54, 1.807) is 0 Å². The fourth-order valence-corrected chi connectivity index (χ4v) is 3.15. The van der Waals surface area contributed by atoms with Crippen molar-refractivity contribution in [2.24, 2.45) is 0 Å². The maximum absolute atomic E-state index is 11.8. The molecule has 0 spiro atoms. The van der Waals surface area contributed by atoms with Crippen molar-refractivity contribution in [3.8, 4) is 0 Å². The van der Waals surface area contributed by atoms with Crippen molar-refractivity contribution in [3.63, 3.8) is 0 Å². The van der Waals surface area contributed by atoms with Crippen LogP contribution in [0.4, 0.5) is 0 Å². The molecule has 0 heterocycles. The van der Waals surface area contributed by atoms with Crippen molar-refractivity contribution in [2.45, 2.75) is 11.8 Å². The van der Waals surface area contributed by atoms with Gasteiger partial charge < -0.3 is 5.32 Å². The van der Waals surface area contributed by atoms with Gasteiger partial charge in [-0.3, -0.25) is 4.79 Å². The van der Waals surface area contributed by atoms with E-state index in [4.69, 9.17) is 23.2 Å². The smallest absolute Gasteiger partial charge is 0.253 e. The van der Waals surface area contributed by atoms with E-state index >= 15 is 0 Å². The molecule has 0 atom stereocenters. The first-order chi connectivity index (χ1) is 8.85. The van der Waals surface area contributed by atoms with Gasteiger partial charge in [0, 0.05) is 6.54 Å². The Balaban J connectivity index is 3.26. The summed E-state index contributed by atoms with van der Waals surface area (Å²) in [5.41, 5.74) is 0.128. The lowest BCUT2D eigenvalue weighted by Crippen LogP contribution is -2.23. The van der Waals surface area contributed by atoms with Crippen molar-refractivity contribution in [1.29, 1.82) is 0 Å². The van der Waals surface area contributed by atoms with E-state index in [0.29, 0.717) is 0 Å². The molecule has 19 heavy (non-hydrogen) atoms. The second-order valence-electron chi connectivity index (χ2n) is 3.64. The van der Waals surface area contributed by atoms with Crippen LogP contribution in [0.1, 0.15) is 17.3 Å². The van der Waals surface area contributed by atoms with E-state index < -0.39 is 15.7 Å². The minimum absolute atomic E-state index is 0.0677. The second-order valence-corrected chi connectivity index (χ2v) is 6.64. The summed E-state index contributed by atoms with van der Waals surface area (Å²) < 4.78 is 23.5. The molecule has 7 heteroatoms. The first kappa shape index (κ1) is 16.0. The van der Waals surface area contributed by atoms with Gasteiger partial charge in [-0.2, -0.15) is 0 Å². The van der Waals surface area contributed by atoms with Gasteiger partial charge in [0.2, 0.25) is 0 Å². The Morgan fingerprint density at radius 3 is 2.53 bits per heavy atom. The van der Waals surface area contributed by atoms with Crippen molar-refractivity contribution in [2.75, 3.05) is 12.3 Å². The fraction of sp³-hybridized carbons (Fsp3) is 0.250. The molecule has 1 aromatic rings. The van der Waals surface area contributed by atoms with Crippen LogP contribution in [0.15, 0.2) is 29.7 Å². The largest absolute Gasteiger partial charge is 0.349 e. The number of sulfone groups is 1. The molecular formula is C12H13Cl2NO3S. The topological polar surface area (TPSA) is 63.2 Å². The van der Waals surface area contributed by atoms with Gasteiger partial charge in [-0.1, -0.05) is 36.2 Å². The monoisotopic (exact) mass is 321 g/mol. The molecule has 0 aliphatic rings. The number of rotatable bonds is 5. The standard InChI is InChI=1S/C12H13Cl2NO3S/c1-3-7-15-12(16)8-5-6-9(11(14)10(8)13)19(17,18)4-2/h3,5-6H,1,4,7H2,2H3,(H,15,16). The minimum Gasteiger partial charge on any atom is -0.349 e. The van der Waals surface area contributed by atoms with E-state index in [1.165, 1.54) is 25.1 Å². The first-order valence-electron chi connectivity index (χ1n) is 5.45. The quantitative estimate of drug-likeness (QED) is 0.848. The number of amides is 1. The van der Waals surface area contributed by atoms with Crippen LogP contribution in [-0.2, 0) is 9.84 Å². The van der Waals surface area contributed by atoms with Gasteiger partial charge in [-0.05, 0) is 12.1 Å². The second kappa shape index (κ2) is 6.41. The molecule has 0 aromatic heterocycles. The maximum atomic E-state index is 11.8. The third-order valence-corrected chi connectivity index (χ3v) is 5.18. The maximum Gasteiger partial charge on any atom is 0.253 e. The number of hydrogen-bond acceptors (Lipinski definition) is 3. The summed E-state index contributed by atoms with van der Waals surface area (Å²) in [7, 11) is -3.48. The molecule has 1 amide bonds. The van der Waals surface area contributed by atoms with Crippen LogP contribution < -0.4 is 5.32 Å². The van der Waals surface area contributed by atoms with E-state index in [0.717, 1.165) is 0 Å². The molecule has 104 valence electrons. The molecule has 0 radical (unpaired) electrons. The zero-order valence-electron chi connectivity index (χ0n) is 10.2. The van der Waals surface area contributed by atoms with Gasteiger partial charge in [-0.25, -0.2) is 8.42 Å². The summed E-state index contributed by atoms with van der Waals surface area (Å²) in [6, 6.07) is 2.63. The lowest BCUT2D eigenvalue weighted by molar-refractivity contribution is 0.0958. The van der Waals surface area contributed by atoms with Gasteiger partial charge >= 0.3 is 0 Å². The third-order valence-electron chi connectivity index (χ3n) is 2.41. The van der Waals surface area contributed by atoms with Gasteiger partial charge in [0.25, 0.3) is 5.91 Å². The molecule has 1 aromatic carbocycles. The number of hydrogen-bond donors (Lipinski definition) is 1. The first-order valence-corrected chi connectivity index (χ1v) is 7.85. The number of halogens is 2. The number of benzene rings is 1. The highest BCUT2D eigenvalue weighted by atomic mass is 35.5. The van der Waals surface area contributed by atoms with Crippen molar-refractivity contribution >= 4 is 38.9 Å². The lowest BCUT2D eigenvalue weighted by Gasteiger charge is -2.10. The van der Waals surface area contributed by atoms with Crippen LogP contribution in [0.2, 0.25) is 10.0 Å². The highest BCUT2D eigenvalue weighted by Gasteiger charge is 2.21. The molecular weight excluding hydrogens is 309 g/mol. The summed E-state index contributed by atoms with van der Waals surface area (Å²) in [6.07, 6.45) is 1.52. The van der Waals surface area contributed by atoms with E-state index in [2.05, 4.69) is 11.9 Å². The highest BCUT2D eigenvalue weighted by molar-refractivity contribution is 7.91. The SMILES string of the molecule is C=CCNC(=O)c1ccc(S(=O)(=O)CC)c(Cl)c1Cl. The van der Waals surface area contributed by atoms with Crippen LogP contribution in [0.5, 0.6) is 0 Å². The number of carbonyl (C=O) groups excluding carboxylic acids is 1. The summed E-state index contributed by atoms with van der Waals surface area (Å²) >= 11 is 11.9. The number of carbonyl (C=O) groups is 1. The Morgan fingerprint density at radius 1 is 1.37 bits per heavy atom. The molecule has 1 N–H and O–H groups in total. The third kappa shape index (κ3) is 3.49. The van der Waals surface area contributed by atoms with E-state index in [9.17, 15) is 13.2 Å². The van der Waals surface area contributed by atoms with Gasteiger partial charge in [0.1, 0.15) is 0 Å². The lowest BCUT2D eigenvalue weighted by atomic mass is 10.2. The molecule has 0 unspecified atom stereocenters. The molecule has 0 saturated heterocycles. The predicted octanol–water partition coefficient (Wildman–Crippen LogP) is 2.70. The Kier molecular flexibility index (Phi) is 5.40. The summed E-state index contributed by atoms with van der Waals surface area (Å²) in [5.74, 6) is -0.530. The summed E-state index contributed by atoms with van der Waals surface area (Å²) in [5, 5.41) is 2.34. The van der Waals surface area contributed by atoms with Crippen LogP contribution in [0.25, 0.3) is 0 Å². The van der Waals surface area contributed by atoms with Gasteiger partial charge in [0.05, 0.1) is 26.3 Å². The molecule has 4 nitrogen and oxygen atoms in total. The van der Waals surface area contributed by atoms with Crippen LogP contribution in [0.3, 0.4) is 0 Å². The molecule has 0 saturated carbocycles. The molecule has 1 rings (SSSR count). The van der Waals surface area contributed by atoms with Crippen LogP contribution in [0, 0.1) is 0 Å². The normalized spacial score (nSPS) is 11.1. The van der Waals surface area contributed by atoms with Gasteiger partial charge in [-0.15, -0.1) is 6.58 Å². The van der Waals surface area contributed by atoms with Crippen LogP contribution >= 0.6 is 23.2 Å². The Labute approximate surface area is 122 Å². The highest BCUT2D eigenvalue weighted by Crippen LogP contribution is 2.32. The van der Waals surface area contributed by atoms with E-state index in [1.807, 2.05) is 0 Å². The fourth-order valence-electron chi connectivity index (χ4n) is 1.36. The average Bonchev–Trinajstić information content (AvgIpc) is 2.38.